The van der Waals surface area contributed by atoms with E-state index in [0.29, 0.717) is 12.3 Å². The van der Waals surface area contributed by atoms with E-state index in [1.807, 2.05) is 0 Å². The maximum atomic E-state index is 6.02. The Kier molecular flexibility index (Phi) is 2.43. The third kappa shape index (κ3) is 2.05. The fourth-order valence-electron chi connectivity index (χ4n) is 1.83. The third-order valence-corrected chi connectivity index (χ3v) is 2.48. The van der Waals surface area contributed by atoms with Gasteiger partial charge in [0.15, 0.2) is 5.79 Å². The zero-order valence-electron chi connectivity index (χ0n) is 8.07. The molecule has 5 nitrogen and oxygen atoms in total. The van der Waals surface area contributed by atoms with Gasteiger partial charge >= 0.3 is 0 Å². The van der Waals surface area contributed by atoms with Crippen molar-refractivity contribution < 1.29 is 4.74 Å². The summed E-state index contributed by atoms with van der Waals surface area (Å²) in [7, 11) is 0. The van der Waals surface area contributed by atoms with Crippen LogP contribution in [0.1, 0.15) is 19.3 Å². The first-order chi connectivity index (χ1) is 6.68. The van der Waals surface area contributed by atoms with Crippen LogP contribution in [0.5, 0.6) is 0 Å². The lowest BCUT2D eigenvalue weighted by molar-refractivity contribution is 0.0802. The van der Waals surface area contributed by atoms with E-state index in [1.165, 1.54) is 0 Å². The van der Waals surface area contributed by atoms with Gasteiger partial charge in [-0.25, -0.2) is 4.99 Å². The molecule has 2 aliphatic rings. The molecule has 5 heteroatoms. The van der Waals surface area contributed by atoms with Crippen LogP contribution in [0.25, 0.3) is 0 Å². The second kappa shape index (κ2) is 3.59. The highest BCUT2D eigenvalue weighted by molar-refractivity contribution is 5.92. The van der Waals surface area contributed by atoms with Gasteiger partial charge in [-0.15, -0.1) is 0 Å². The number of nitrogens with one attached hydrogen (secondary N) is 1. The summed E-state index contributed by atoms with van der Waals surface area (Å²) in [4.78, 5) is 4.17. The molecule has 0 aromatic rings. The quantitative estimate of drug-likeness (QED) is 0.563. The van der Waals surface area contributed by atoms with Crippen molar-refractivity contribution >= 4 is 5.84 Å². The van der Waals surface area contributed by atoms with Crippen LogP contribution in [0.4, 0.5) is 0 Å². The van der Waals surface area contributed by atoms with Crippen molar-refractivity contribution in [2.24, 2.45) is 16.5 Å². The predicted molar refractivity (Wildman–Crippen MR) is 54.4 cm³/mol. The van der Waals surface area contributed by atoms with Crippen molar-refractivity contribution in [3.63, 3.8) is 0 Å². The molecule has 2 rings (SSSR count). The number of nitrogens with two attached hydrogens (primary N) is 2. The minimum Gasteiger partial charge on any atom is -0.384 e. The number of aliphatic imine (C=N–C) groups is 1. The van der Waals surface area contributed by atoms with E-state index in [9.17, 15) is 0 Å². The van der Waals surface area contributed by atoms with Crippen LogP contribution in [0.3, 0.4) is 0 Å². The number of hydrogen-bond acceptors (Lipinski definition) is 5. The molecule has 0 aliphatic carbocycles. The van der Waals surface area contributed by atoms with Gasteiger partial charge in [0.2, 0.25) is 0 Å². The normalized spacial score (nSPS) is 36.6. The Morgan fingerprint density at radius 2 is 2.57 bits per heavy atom. The smallest absolute Gasteiger partial charge is 0.186 e. The van der Waals surface area contributed by atoms with Gasteiger partial charge < -0.3 is 15.8 Å². The molecule has 2 aliphatic heterocycles. The Balaban J connectivity index is 1.98. The highest BCUT2D eigenvalue weighted by atomic mass is 16.5. The molecule has 0 amide bonds. The van der Waals surface area contributed by atoms with E-state index < -0.39 is 5.79 Å². The summed E-state index contributed by atoms with van der Waals surface area (Å²) in [5, 5.41) is 3.00. The van der Waals surface area contributed by atoms with E-state index >= 15 is 0 Å². The lowest BCUT2D eigenvalue weighted by atomic mass is 10.1. The lowest BCUT2D eigenvalue weighted by Gasteiger charge is -2.30. The molecule has 2 heterocycles. The summed E-state index contributed by atoms with van der Waals surface area (Å²) in [5.41, 5.74) is 11.6. The number of amidine groups is 1. The van der Waals surface area contributed by atoms with Crippen LogP contribution >= 0.6 is 0 Å². The van der Waals surface area contributed by atoms with Crippen LogP contribution in [-0.2, 0) is 4.74 Å². The van der Waals surface area contributed by atoms with Crippen LogP contribution in [0, 0.1) is 0 Å². The molecule has 5 N–H and O–H groups in total. The summed E-state index contributed by atoms with van der Waals surface area (Å²) in [6, 6.07) is 0. The molecule has 2 unspecified atom stereocenters. The minimum atomic E-state index is -0.784. The molecule has 0 radical (unpaired) electrons. The van der Waals surface area contributed by atoms with E-state index in [-0.39, 0.29) is 6.10 Å². The fraction of sp³-hybridized carbons (Fsp3) is 0.667. The SMILES string of the molecule is NC1=NC(N)(CC2CCCO2)NC=C1. The van der Waals surface area contributed by atoms with Crippen LogP contribution < -0.4 is 16.8 Å². The highest BCUT2D eigenvalue weighted by Gasteiger charge is 2.30. The molecule has 78 valence electrons. The Hall–Kier alpha value is -1.07. The summed E-state index contributed by atoms with van der Waals surface area (Å²) >= 11 is 0. The molecule has 0 saturated carbocycles. The molecule has 2 atom stereocenters. The zero-order valence-corrected chi connectivity index (χ0v) is 8.07. The van der Waals surface area contributed by atoms with E-state index in [4.69, 9.17) is 16.2 Å². The van der Waals surface area contributed by atoms with Crippen molar-refractivity contribution in [2.75, 3.05) is 6.61 Å². The van der Waals surface area contributed by atoms with Crippen LogP contribution in [0.15, 0.2) is 17.3 Å². The second-order valence-corrected chi connectivity index (χ2v) is 3.78. The van der Waals surface area contributed by atoms with Crippen molar-refractivity contribution in [1.29, 1.82) is 0 Å². The Bertz CT molecular complexity index is 270. The highest BCUT2D eigenvalue weighted by Crippen LogP contribution is 2.21. The number of hydrogen-bond donors (Lipinski definition) is 3. The standard InChI is InChI=1S/C9H16N4O/c10-8-3-4-12-9(11,13-8)6-7-2-1-5-14-7/h3-4,7,12H,1-2,5-6,11H2,(H2,10,13). The molecule has 0 aromatic heterocycles. The van der Waals surface area contributed by atoms with Crippen LogP contribution in [0.2, 0.25) is 0 Å². The van der Waals surface area contributed by atoms with Gasteiger partial charge in [0, 0.05) is 19.2 Å². The number of ether oxygens (including phenoxy) is 1. The maximum absolute atomic E-state index is 6.02. The maximum Gasteiger partial charge on any atom is 0.186 e. The van der Waals surface area contributed by atoms with Gasteiger partial charge in [-0.2, -0.15) is 0 Å². The largest absolute Gasteiger partial charge is 0.384 e. The monoisotopic (exact) mass is 196 g/mol. The Morgan fingerprint density at radius 3 is 3.21 bits per heavy atom. The summed E-state index contributed by atoms with van der Waals surface area (Å²) in [6.45, 7) is 0.829. The van der Waals surface area contributed by atoms with E-state index in [2.05, 4.69) is 10.3 Å². The second-order valence-electron chi connectivity index (χ2n) is 3.78. The molecule has 1 saturated heterocycles. The minimum absolute atomic E-state index is 0.204. The third-order valence-electron chi connectivity index (χ3n) is 2.48. The predicted octanol–water partition coefficient (Wildman–Crippen LogP) is -0.358. The van der Waals surface area contributed by atoms with Gasteiger partial charge in [0.1, 0.15) is 5.84 Å². The molecule has 0 aromatic carbocycles. The topological polar surface area (TPSA) is 85.7 Å². The Morgan fingerprint density at radius 1 is 1.71 bits per heavy atom. The van der Waals surface area contributed by atoms with Crippen molar-refractivity contribution in [3.8, 4) is 0 Å². The lowest BCUT2D eigenvalue weighted by Crippen LogP contribution is -2.54. The van der Waals surface area contributed by atoms with Crippen molar-refractivity contribution in [2.45, 2.75) is 31.2 Å². The molecule has 1 fully saturated rings. The fourth-order valence-corrected chi connectivity index (χ4v) is 1.83. The van der Waals surface area contributed by atoms with Gasteiger partial charge in [-0.05, 0) is 18.9 Å². The van der Waals surface area contributed by atoms with Crippen molar-refractivity contribution in [3.05, 3.63) is 12.3 Å². The average molecular weight is 196 g/mol. The molecular formula is C9H16N4O. The molecule has 0 bridgehead atoms. The van der Waals surface area contributed by atoms with Gasteiger partial charge in [0.25, 0.3) is 0 Å². The van der Waals surface area contributed by atoms with Gasteiger partial charge in [-0.1, -0.05) is 0 Å². The van der Waals surface area contributed by atoms with Gasteiger partial charge in [-0.3, -0.25) is 5.73 Å². The molecule has 0 spiro atoms. The Labute approximate surface area is 83.2 Å². The average Bonchev–Trinajstić information content (AvgIpc) is 2.55. The number of nitrogens with zero attached hydrogens (tertiary/aromatic N) is 1. The molecule has 14 heavy (non-hydrogen) atoms. The molecular weight excluding hydrogens is 180 g/mol. The summed E-state index contributed by atoms with van der Waals surface area (Å²) in [6.07, 6.45) is 6.46. The first-order valence-electron chi connectivity index (χ1n) is 4.88. The summed E-state index contributed by atoms with van der Waals surface area (Å²) in [5.74, 6) is -0.322. The van der Waals surface area contributed by atoms with E-state index in [0.717, 1.165) is 19.4 Å². The summed E-state index contributed by atoms with van der Waals surface area (Å²) < 4.78 is 5.50. The first-order valence-corrected chi connectivity index (χ1v) is 4.88. The first kappa shape index (κ1) is 9.48. The van der Waals surface area contributed by atoms with Crippen LogP contribution in [-0.4, -0.2) is 24.3 Å². The van der Waals surface area contributed by atoms with Crippen molar-refractivity contribution in [1.82, 2.24) is 5.32 Å². The zero-order chi connectivity index (χ0) is 10.0. The van der Waals surface area contributed by atoms with Gasteiger partial charge in [0.05, 0.1) is 6.10 Å². The number of rotatable bonds is 2. The van der Waals surface area contributed by atoms with E-state index in [1.54, 1.807) is 12.3 Å².